The summed E-state index contributed by atoms with van der Waals surface area (Å²) in [4.78, 5) is 4.06. The van der Waals surface area contributed by atoms with E-state index in [1.807, 2.05) is 20.9 Å². The van der Waals surface area contributed by atoms with Crippen LogP contribution >= 0.6 is 24.0 Å². The van der Waals surface area contributed by atoms with Crippen molar-refractivity contribution in [2.24, 2.45) is 12.0 Å². The molecule has 0 aliphatic heterocycles. The first-order chi connectivity index (χ1) is 12.3. The maximum Gasteiger partial charge on any atom is 0.387 e. The van der Waals surface area contributed by atoms with E-state index in [0.717, 1.165) is 17.0 Å². The predicted molar refractivity (Wildman–Crippen MR) is 108 cm³/mol. The summed E-state index contributed by atoms with van der Waals surface area (Å²) in [6, 6.07) is 3.80. The van der Waals surface area contributed by atoms with Crippen molar-refractivity contribution in [2.45, 2.75) is 33.5 Å². The largest absolute Gasteiger partial charge is 0.434 e. The minimum absolute atomic E-state index is 0. The maximum atomic E-state index is 14.0. The lowest BCUT2D eigenvalue weighted by Gasteiger charge is -2.15. The molecule has 1 aromatic carbocycles. The van der Waals surface area contributed by atoms with Crippen LogP contribution in [0.2, 0.25) is 0 Å². The molecular formula is C17H23F3IN5O. The quantitative estimate of drug-likeness (QED) is 0.366. The number of nitrogens with one attached hydrogen (secondary N) is 2. The Labute approximate surface area is 173 Å². The van der Waals surface area contributed by atoms with Gasteiger partial charge in [0.05, 0.1) is 5.69 Å². The molecule has 2 aromatic rings. The number of rotatable bonds is 6. The van der Waals surface area contributed by atoms with Gasteiger partial charge in [-0.05, 0) is 26.0 Å². The fraction of sp³-hybridized carbons (Fsp3) is 0.412. The second-order valence-electron chi connectivity index (χ2n) is 5.65. The molecule has 2 N–H and O–H groups in total. The number of halogens is 4. The van der Waals surface area contributed by atoms with Crippen molar-refractivity contribution < 1.29 is 17.9 Å². The Morgan fingerprint density at radius 1 is 1.22 bits per heavy atom. The number of benzene rings is 1. The monoisotopic (exact) mass is 497 g/mol. The SMILES string of the molecule is CN=C(NCc1c(F)cccc1OC(F)F)NCc1c(C)nn(C)c1C.I. The molecule has 1 heterocycles. The smallest absolute Gasteiger partial charge is 0.387 e. The van der Waals surface area contributed by atoms with Crippen LogP contribution in [0, 0.1) is 19.7 Å². The fourth-order valence-electron chi connectivity index (χ4n) is 2.55. The summed E-state index contributed by atoms with van der Waals surface area (Å²) in [6.45, 7) is 1.26. The average Bonchev–Trinajstić information content (AvgIpc) is 2.82. The van der Waals surface area contributed by atoms with Crippen molar-refractivity contribution in [1.29, 1.82) is 0 Å². The van der Waals surface area contributed by atoms with E-state index in [1.54, 1.807) is 11.7 Å². The van der Waals surface area contributed by atoms with Gasteiger partial charge in [-0.15, -0.1) is 24.0 Å². The van der Waals surface area contributed by atoms with E-state index in [9.17, 15) is 13.2 Å². The van der Waals surface area contributed by atoms with Gasteiger partial charge in [0.1, 0.15) is 11.6 Å². The summed E-state index contributed by atoms with van der Waals surface area (Å²) in [5.74, 6) is -0.439. The first-order valence-corrected chi connectivity index (χ1v) is 7.99. The fourth-order valence-corrected chi connectivity index (χ4v) is 2.55. The molecule has 6 nitrogen and oxygen atoms in total. The number of hydrogen-bond donors (Lipinski definition) is 2. The lowest BCUT2D eigenvalue weighted by molar-refractivity contribution is -0.0506. The Kier molecular flexibility index (Phi) is 8.86. The first-order valence-electron chi connectivity index (χ1n) is 7.99. The molecule has 0 fully saturated rings. The molecule has 150 valence electrons. The molecule has 27 heavy (non-hydrogen) atoms. The number of alkyl halides is 2. The molecule has 2 rings (SSSR count). The van der Waals surface area contributed by atoms with Gasteiger partial charge < -0.3 is 15.4 Å². The predicted octanol–water partition coefficient (Wildman–Crippen LogP) is 3.26. The van der Waals surface area contributed by atoms with E-state index in [1.165, 1.54) is 18.2 Å². The Bertz CT molecular complexity index is 795. The maximum absolute atomic E-state index is 14.0. The van der Waals surface area contributed by atoms with Crippen molar-refractivity contribution in [3.8, 4) is 5.75 Å². The second-order valence-corrected chi connectivity index (χ2v) is 5.65. The van der Waals surface area contributed by atoms with Gasteiger partial charge in [0.2, 0.25) is 0 Å². The number of nitrogens with zero attached hydrogens (tertiary/aromatic N) is 3. The Balaban J connectivity index is 0.00000364. The zero-order valence-electron chi connectivity index (χ0n) is 15.5. The van der Waals surface area contributed by atoms with Gasteiger partial charge in [0.25, 0.3) is 0 Å². The average molecular weight is 497 g/mol. The Morgan fingerprint density at radius 2 is 1.85 bits per heavy atom. The van der Waals surface area contributed by atoms with Crippen LogP contribution in [0.1, 0.15) is 22.5 Å². The molecular weight excluding hydrogens is 474 g/mol. The zero-order chi connectivity index (χ0) is 19.3. The Hall–Kier alpha value is -1.98. The highest BCUT2D eigenvalue weighted by Gasteiger charge is 2.15. The third-order valence-corrected chi connectivity index (χ3v) is 4.04. The van der Waals surface area contributed by atoms with Crippen LogP contribution in [0.5, 0.6) is 5.75 Å². The van der Waals surface area contributed by atoms with Crippen LogP contribution in [-0.2, 0) is 20.1 Å². The first kappa shape index (κ1) is 23.1. The van der Waals surface area contributed by atoms with Crippen molar-refractivity contribution >= 4 is 29.9 Å². The van der Waals surface area contributed by atoms with E-state index >= 15 is 0 Å². The van der Waals surface area contributed by atoms with Gasteiger partial charge >= 0.3 is 6.61 Å². The topological polar surface area (TPSA) is 63.5 Å². The van der Waals surface area contributed by atoms with E-state index in [-0.39, 0.29) is 41.8 Å². The van der Waals surface area contributed by atoms with E-state index in [2.05, 4.69) is 25.5 Å². The van der Waals surface area contributed by atoms with Crippen molar-refractivity contribution in [3.63, 3.8) is 0 Å². The third-order valence-electron chi connectivity index (χ3n) is 4.04. The number of aliphatic imine (C=N–C) groups is 1. The van der Waals surface area contributed by atoms with E-state index in [4.69, 9.17) is 0 Å². The highest BCUT2D eigenvalue weighted by molar-refractivity contribution is 14.0. The van der Waals surface area contributed by atoms with Crippen molar-refractivity contribution in [3.05, 3.63) is 46.5 Å². The minimum Gasteiger partial charge on any atom is -0.434 e. The molecule has 0 amide bonds. The van der Waals surface area contributed by atoms with E-state index < -0.39 is 12.4 Å². The Morgan fingerprint density at radius 3 is 2.37 bits per heavy atom. The van der Waals surface area contributed by atoms with Crippen molar-refractivity contribution in [2.75, 3.05) is 7.05 Å². The normalized spacial score (nSPS) is 11.3. The van der Waals surface area contributed by atoms with Crippen LogP contribution in [0.25, 0.3) is 0 Å². The molecule has 0 saturated carbocycles. The number of guanidine groups is 1. The standard InChI is InChI=1S/C17H22F3N5O.HI/c1-10-12(11(2)25(4)24-10)8-22-17(21-3)23-9-13-14(18)6-5-7-15(13)26-16(19)20;/h5-7,16H,8-9H2,1-4H3,(H2,21,22,23);1H. The number of aromatic nitrogens is 2. The van der Waals surface area contributed by atoms with Gasteiger partial charge in [-0.3, -0.25) is 9.67 Å². The summed E-state index contributed by atoms with van der Waals surface area (Å²) in [7, 11) is 3.43. The number of aryl methyl sites for hydroxylation is 2. The molecule has 10 heteroatoms. The number of hydrogen-bond acceptors (Lipinski definition) is 3. The van der Waals surface area contributed by atoms with E-state index in [0.29, 0.717) is 12.5 Å². The molecule has 1 aromatic heterocycles. The summed E-state index contributed by atoms with van der Waals surface area (Å²) in [6.07, 6.45) is 0. The molecule has 0 atom stereocenters. The highest BCUT2D eigenvalue weighted by Crippen LogP contribution is 2.23. The molecule has 0 unspecified atom stereocenters. The van der Waals surface area contributed by atoms with Gasteiger partial charge in [-0.25, -0.2) is 4.39 Å². The molecule has 0 aliphatic carbocycles. The summed E-state index contributed by atoms with van der Waals surface area (Å²) < 4.78 is 45.1. The summed E-state index contributed by atoms with van der Waals surface area (Å²) in [5, 5.41) is 10.3. The van der Waals surface area contributed by atoms with Crippen molar-refractivity contribution in [1.82, 2.24) is 20.4 Å². The van der Waals surface area contributed by atoms with Crippen LogP contribution in [0.4, 0.5) is 13.2 Å². The third kappa shape index (κ3) is 6.01. The van der Waals surface area contributed by atoms with Crippen LogP contribution in [0.3, 0.4) is 0 Å². The summed E-state index contributed by atoms with van der Waals surface area (Å²) >= 11 is 0. The van der Waals surface area contributed by atoms with Crippen LogP contribution < -0.4 is 15.4 Å². The zero-order valence-corrected chi connectivity index (χ0v) is 17.8. The van der Waals surface area contributed by atoms with Gasteiger partial charge in [0, 0.05) is 44.0 Å². The molecule has 0 aliphatic rings. The highest BCUT2D eigenvalue weighted by atomic mass is 127. The molecule has 0 bridgehead atoms. The van der Waals surface area contributed by atoms with Gasteiger partial charge in [-0.2, -0.15) is 13.9 Å². The lowest BCUT2D eigenvalue weighted by Crippen LogP contribution is -2.36. The molecule has 0 spiro atoms. The minimum atomic E-state index is -3.02. The second kappa shape index (κ2) is 10.4. The summed E-state index contributed by atoms with van der Waals surface area (Å²) in [5.41, 5.74) is 2.95. The van der Waals surface area contributed by atoms with Gasteiger partial charge in [-0.1, -0.05) is 6.07 Å². The lowest BCUT2D eigenvalue weighted by atomic mass is 10.2. The van der Waals surface area contributed by atoms with Gasteiger partial charge in [0.15, 0.2) is 5.96 Å². The molecule has 0 saturated heterocycles. The molecule has 0 radical (unpaired) electrons. The van der Waals surface area contributed by atoms with Crippen LogP contribution in [-0.4, -0.2) is 29.4 Å². The number of ether oxygens (including phenoxy) is 1. The van der Waals surface area contributed by atoms with Crippen LogP contribution in [0.15, 0.2) is 23.2 Å².